The number of fused-ring (bicyclic) bond motifs is 1. The summed E-state index contributed by atoms with van der Waals surface area (Å²) in [7, 11) is 3.53. The van der Waals surface area contributed by atoms with Crippen molar-refractivity contribution in [2.75, 3.05) is 25.0 Å². The van der Waals surface area contributed by atoms with Gasteiger partial charge < -0.3 is 14.9 Å². The molecular formula is C19H22N6O2. The van der Waals surface area contributed by atoms with Crippen LogP contribution in [0.15, 0.2) is 36.5 Å². The van der Waals surface area contributed by atoms with E-state index in [9.17, 15) is 9.90 Å². The zero-order chi connectivity index (χ0) is 19.0. The van der Waals surface area contributed by atoms with Crippen LogP contribution in [0.3, 0.4) is 0 Å². The quantitative estimate of drug-likeness (QED) is 0.767. The number of carbonyl (C=O) groups is 1. The van der Waals surface area contributed by atoms with E-state index in [2.05, 4.69) is 32.3 Å². The van der Waals surface area contributed by atoms with E-state index in [-0.39, 0.29) is 6.04 Å². The molecule has 4 rings (SSSR count). The lowest BCUT2D eigenvalue weighted by atomic mass is 10.0. The number of aromatic nitrogens is 4. The molecule has 1 aliphatic rings. The largest absolute Gasteiger partial charge is 0.465 e. The Morgan fingerprint density at radius 1 is 1.15 bits per heavy atom. The van der Waals surface area contributed by atoms with Gasteiger partial charge in [0.15, 0.2) is 5.82 Å². The Hall–Kier alpha value is -3.16. The first kappa shape index (κ1) is 17.3. The van der Waals surface area contributed by atoms with Gasteiger partial charge in [0.25, 0.3) is 0 Å². The van der Waals surface area contributed by atoms with Gasteiger partial charge in [-0.3, -0.25) is 4.68 Å². The van der Waals surface area contributed by atoms with Crippen LogP contribution in [0.25, 0.3) is 22.2 Å². The molecule has 0 radical (unpaired) electrons. The van der Waals surface area contributed by atoms with E-state index >= 15 is 0 Å². The minimum atomic E-state index is -0.876. The minimum absolute atomic E-state index is 0.0479. The molecule has 27 heavy (non-hydrogen) atoms. The molecule has 0 spiro atoms. The fourth-order valence-electron chi connectivity index (χ4n) is 3.74. The molecule has 0 atom stereocenters. The van der Waals surface area contributed by atoms with E-state index < -0.39 is 6.09 Å². The first-order valence-corrected chi connectivity index (χ1v) is 9.00. The fourth-order valence-corrected chi connectivity index (χ4v) is 3.74. The number of amides is 1. The van der Waals surface area contributed by atoms with Gasteiger partial charge >= 0.3 is 6.09 Å². The summed E-state index contributed by atoms with van der Waals surface area (Å²) in [4.78, 5) is 14.8. The summed E-state index contributed by atoms with van der Waals surface area (Å²) >= 11 is 0. The monoisotopic (exact) mass is 366 g/mol. The van der Waals surface area contributed by atoms with Crippen LogP contribution in [0.1, 0.15) is 12.8 Å². The molecule has 1 fully saturated rings. The second-order valence-electron chi connectivity index (χ2n) is 6.87. The molecule has 2 aromatic heterocycles. The maximum absolute atomic E-state index is 11.2. The third kappa shape index (κ3) is 3.07. The normalized spacial score (nSPS) is 15.3. The maximum Gasteiger partial charge on any atom is 0.407 e. The molecule has 0 bridgehead atoms. The summed E-state index contributed by atoms with van der Waals surface area (Å²) in [6.45, 7) is 1.51. The van der Waals surface area contributed by atoms with Crippen molar-refractivity contribution in [3.05, 3.63) is 36.5 Å². The second kappa shape index (κ2) is 6.86. The molecule has 0 saturated carbocycles. The number of carboxylic acid groups (broad SMARTS) is 1. The molecule has 3 heterocycles. The van der Waals surface area contributed by atoms with E-state index in [1.54, 1.807) is 17.9 Å². The third-order valence-corrected chi connectivity index (χ3v) is 5.34. The van der Waals surface area contributed by atoms with Gasteiger partial charge in [0, 0.05) is 50.2 Å². The predicted octanol–water partition coefficient (Wildman–Crippen LogP) is 2.61. The van der Waals surface area contributed by atoms with Crippen LogP contribution in [-0.4, -0.2) is 62.3 Å². The Balaban J connectivity index is 1.67. The summed E-state index contributed by atoms with van der Waals surface area (Å²) in [5.74, 6) is 0.855. The molecule has 1 amide bonds. The maximum atomic E-state index is 11.2. The van der Waals surface area contributed by atoms with Crippen molar-refractivity contribution in [3.63, 3.8) is 0 Å². The van der Waals surface area contributed by atoms with E-state index in [4.69, 9.17) is 0 Å². The van der Waals surface area contributed by atoms with Crippen LogP contribution in [-0.2, 0) is 7.05 Å². The van der Waals surface area contributed by atoms with Gasteiger partial charge in [-0.1, -0.05) is 24.3 Å². The Morgan fingerprint density at radius 3 is 2.48 bits per heavy atom. The van der Waals surface area contributed by atoms with Gasteiger partial charge in [-0.25, -0.2) is 4.79 Å². The van der Waals surface area contributed by atoms with E-state index in [0.29, 0.717) is 0 Å². The molecule has 8 heteroatoms. The van der Waals surface area contributed by atoms with E-state index in [1.165, 1.54) is 4.90 Å². The number of anilines is 1. The fraction of sp³-hybridized carbons (Fsp3) is 0.368. The number of piperidine rings is 1. The highest BCUT2D eigenvalue weighted by molar-refractivity contribution is 5.99. The number of nitrogens with zero attached hydrogens (tertiary/aromatic N) is 6. The molecule has 8 nitrogen and oxygen atoms in total. The zero-order valence-corrected chi connectivity index (χ0v) is 15.4. The first-order valence-electron chi connectivity index (χ1n) is 9.00. The molecule has 3 aromatic rings. The summed E-state index contributed by atoms with van der Waals surface area (Å²) in [6.07, 6.45) is 2.44. The average Bonchev–Trinajstić information content (AvgIpc) is 3.12. The Labute approximate surface area is 157 Å². The Bertz CT molecular complexity index is 977. The summed E-state index contributed by atoms with van der Waals surface area (Å²) in [5.41, 5.74) is 1.74. The summed E-state index contributed by atoms with van der Waals surface area (Å²) < 4.78 is 1.79. The molecule has 0 unspecified atom stereocenters. The zero-order valence-electron chi connectivity index (χ0n) is 15.4. The van der Waals surface area contributed by atoms with Crippen molar-refractivity contribution >= 4 is 22.7 Å². The number of benzene rings is 1. The van der Waals surface area contributed by atoms with Crippen LogP contribution < -0.4 is 4.90 Å². The minimum Gasteiger partial charge on any atom is -0.465 e. The highest BCUT2D eigenvalue weighted by Gasteiger charge is 2.27. The number of hydrogen-bond donors (Lipinski definition) is 1. The standard InChI is InChI=1S/C19H22N6O2/c1-23(19(26)27)13-8-11-25(12-9-13)18-15-6-4-3-5-14(15)17(21-22-18)16-7-10-20-24(16)2/h3-7,10,13H,8-9,11-12H2,1-2H3,(H,26,27). The molecular weight excluding hydrogens is 344 g/mol. The first-order chi connectivity index (χ1) is 13.1. The highest BCUT2D eigenvalue weighted by Crippen LogP contribution is 2.32. The second-order valence-corrected chi connectivity index (χ2v) is 6.87. The molecule has 1 aromatic carbocycles. The highest BCUT2D eigenvalue weighted by atomic mass is 16.4. The predicted molar refractivity (Wildman–Crippen MR) is 103 cm³/mol. The van der Waals surface area contributed by atoms with Gasteiger partial charge in [-0.2, -0.15) is 5.10 Å². The van der Waals surface area contributed by atoms with Crippen molar-refractivity contribution in [1.82, 2.24) is 24.9 Å². The van der Waals surface area contributed by atoms with Gasteiger partial charge in [-0.05, 0) is 18.9 Å². The SMILES string of the molecule is CN(C(=O)O)C1CCN(c2nnc(-c3ccnn3C)c3ccccc23)CC1. The average molecular weight is 366 g/mol. The van der Waals surface area contributed by atoms with Crippen molar-refractivity contribution < 1.29 is 9.90 Å². The van der Waals surface area contributed by atoms with Crippen LogP contribution in [0.5, 0.6) is 0 Å². The smallest absolute Gasteiger partial charge is 0.407 e. The van der Waals surface area contributed by atoms with Gasteiger partial charge in [-0.15, -0.1) is 10.2 Å². The van der Waals surface area contributed by atoms with Crippen molar-refractivity contribution in [2.24, 2.45) is 7.05 Å². The topological polar surface area (TPSA) is 87.4 Å². The number of rotatable bonds is 3. The van der Waals surface area contributed by atoms with Crippen molar-refractivity contribution in [2.45, 2.75) is 18.9 Å². The lowest BCUT2D eigenvalue weighted by Crippen LogP contribution is -2.45. The Morgan fingerprint density at radius 2 is 1.85 bits per heavy atom. The molecule has 1 N–H and O–H groups in total. The van der Waals surface area contributed by atoms with Crippen LogP contribution in [0.2, 0.25) is 0 Å². The number of hydrogen-bond acceptors (Lipinski definition) is 5. The summed E-state index contributed by atoms with van der Waals surface area (Å²) in [6, 6.07) is 10.1. The molecule has 1 saturated heterocycles. The van der Waals surface area contributed by atoms with Gasteiger partial charge in [0.1, 0.15) is 5.69 Å². The summed E-state index contributed by atoms with van der Waals surface area (Å²) in [5, 5.41) is 24.6. The van der Waals surface area contributed by atoms with Crippen molar-refractivity contribution in [3.8, 4) is 11.4 Å². The van der Waals surface area contributed by atoms with Crippen LogP contribution in [0, 0.1) is 0 Å². The van der Waals surface area contributed by atoms with Crippen LogP contribution in [0.4, 0.5) is 10.6 Å². The van der Waals surface area contributed by atoms with Crippen LogP contribution >= 0.6 is 0 Å². The lowest BCUT2D eigenvalue weighted by Gasteiger charge is -2.36. The Kier molecular flexibility index (Phi) is 4.39. The molecule has 1 aliphatic heterocycles. The lowest BCUT2D eigenvalue weighted by molar-refractivity contribution is 0.131. The van der Waals surface area contributed by atoms with E-state index in [1.807, 2.05) is 25.2 Å². The van der Waals surface area contributed by atoms with Gasteiger partial charge in [0.05, 0.1) is 5.69 Å². The molecule has 0 aliphatic carbocycles. The third-order valence-electron chi connectivity index (χ3n) is 5.34. The van der Waals surface area contributed by atoms with Gasteiger partial charge in [0.2, 0.25) is 0 Å². The molecule has 140 valence electrons. The van der Waals surface area contributed by atoms with E-state index in [0.717, 1.165) is 53.9 Å². The van der Waals surface area contributed by atoms with Crippen molar-refractivity contribution in [1.29, 1.82) is 0 Å². The number of aryl methyl sites for hydroxylation is 1.